The number of methoxy groups -OCH3 is 1. The summed E-state index contributed by atoms with van der Waals surface area (Å²) in [6.07, 6.45) is 6.76. The molecule has 1 saturated carbocycles. The molecule has 0 unspecified atom stereocenters. The van der Waals surface area contributed by atoms with Gasteiger partial charge in [-0.05, 0) is 88.4 Å². The highest BCUT2D eigenvalue weighted by atomic mass is 32.2. The molecule has 4 atom stereocenters. The maximum absolute atomic E-state index is 14.4. The summed E-state index contributed by atoms with van der Waals surface area (Å²) in [6, 6.07) is 10.5. The Morgan fingerprint density at radius 2 is 1.76 bits per heavy atom. The van der Waals surface area contributed by atoms with E-state index in [0.29, 0.717) is 30.2 Å². The van der Waals surface area contributed by atoms with Crippen LogP contribution in [0.1, 0.15) is 82.5 Å². The van der Waals surface area contributed by atoms with Gasteiger partial charge >= 0.3 is 6.03 Å². The van der Waals surface area contributed by atoms with Gasteiger partial charge in [-0.25, -0.2) is 13.2 Å². The van der Waals surface area contributed by atoms with E-state index in [2.05, 4.69) is 10.6 Å². The molecule has 0 spiro atoms. The van der Waals surface area contributed by atoms with E-state index in [0.717, 1.165) is 38.5 Å². The standard InChI is InChI=1S/C36H54N4O8S/c1-25-22-40(26(2)24-41)35(42)32-21-29(38-36(43)37-28-12-7-6-8-13-28)14-19-33(32)48-27(3)11-9-10-20-47-34(25)23-39(4)49(44,45)31-17-15-30(46-5)16-18-31/h14-19,21,25-28,34,41H,6-13,20,22-24H2,1-5H3,(H2,37,38,43)/t25-,26-,27+,34-/m0/s1. The third-order valence-corrected chi connectivity index (χ3v) is 11.3. The summed E-state index contributed by atoms with van der Waals surface area (Å²) in [7, 11) is -0.801. The number of carbonyl (C=O) groups excluding carboxylic acids is 2. The van der Waals surface area contributed by atoms with E-state index in [9.17, 15) is 23.1 Å². The molecule has 1 aliphatic carbocycles. The molecule has 49 heavy (non-hydrogen) atoms. The number of anilines is 1. The number of hydrogen-bond donors (Lipinski definition) is 3. The van der Waals surface area contributed by atoms with Gasteiger partial charge in [-0.15, -0.1) is 0 Å². The molecule has 2 aromatic rings. The van der Waals surface area contributed by atoms with E-state index in [1.165, 1.54) is 37.0 Å². The quantitative estimate of drug-likeness (QED) is 0.321. The van der Waals surface area contributed by atoms with Crippen molar-refractivity contribution in [1.82, 2.24) is 14.5 Å². The number of carbonyl (C=O) groups is 2. The lowest BCUT2D eigenvalue weighted by Crippen LogP contribution is -2.48. The van der Waals surface area contributed by atoms with Gasteiger partial charge in [0.1, 0.15) is 11.5 Å². The fourth-order valence-electron chi connectivity index (χ4n) is 6.34. The first-order valence-corrected chi connectivity index (χ1v) is 18.9. The Kier molecular flexibility index (Phi) is 14.1. The second-order valence-electron chi connectivity index (χ2n) is 13.4. The van der Waals surface area contributed by atoms with Crippen LogP contribution >= 0.6 is 0 Å². The van der Waals surface area contributed by atoms with Gasteiger partial charge in [0.2, 0.25) is 10.0 Å². The molecule has 1 fully saturated rings. The summed E-state index contributed by atoms with van der Waals surface area (Å²) in [5.41, 5.74) is 0.720. The number of nitrogens with zero attached hydrogens (tertiary/aromatic N) is 2. The SMILES string of the molecule is COc1ccc(S(=O)(=O)N(C)C[C@@H]2OCCCC[C@@H](C)Oc3ccc(NC(=O)NC4CCCCC4)cc3C(=O)N([C@@H](C)CO)C[C@@H]2C)cc1. The van der Waals surface area contributed by atoms with Gasteiger partial charge < -0.3 is 34.9 Å². The van der Waals surface area contributed by atoms with Gasteiger partial charge in [0.25, 0.3) is 5.91 Å². The fraction of sp³-hybridized carbons (Fsp3) is 0.611. The fourth-order valence-corrected chi connectivity index (χ4v) is 7.52. The third kappa shape index (κ3) is 10.6. The van der Waals surface area contributed by atoms with Crippen molar-refractivity contribution in [3.63, 3.8) is 0 Å². The topological polar surface area (TPSA) is 147 Å². The maximum atomic E-state index is 14.4. The van der Waals surface area contributed by atoms with Crippen molar-refractivity contribution in [3.05, 3.63) is 48.0 Å². The second-order valence-corrected chi connectivity index (χ2v) is 15.5. The summed E-state index contributed by atoms with van der Waals surface area (Å²) in [5, 5.41) is 16.2. The average molecular weight is 703 g/mol. The van der Waals surface area contributed by atoms with Crippen LogP contribution in [0.15, 0.2) is 47.4 Å². The number of aliphatic hydroxyl groups is 1. The molecule has 0 aromatic heterocycles. The van der Waals surface area contributed by atoms with Gasteiger partial charge in [-0.1, -0.05) is 26.2 Å². The van der Waals surface area contributed by atoms with Gasteiger partial charge in [0, 0.05) is 44.4 Å². The molecule has 0 radical (unpaired) electrons. The van der Waals surface area contributed by atoms with Gasteiger partial charge in [0.15, 0.2) is 0 Å². The molecule has 1 aliphatic heterocycles. The van der Waals surface area contributed by atoms with E-state index in [1.54, 1.807) is 42.2 Å². The minimum atomic E-state index is -3.84. The lowest BCUT2D eigenvalue weighted by molar-refractivity contribution is -0.00834. The summed E-state index contributed by atoms with van der Waals surface area (Å²) >= 11 is 0. The van der Waals surface area contributed by atoms with E-state index in [1.807, 2.05) is 13.8 Å². The van der Waals surface area contributed by atoms with Gasteiger partial charge in [-0.2, -0.15) is 4.31 Å². The lowest BCUT2D eigenvalue weighted by atomic mass is 9.96. The number of aliphatic hydroxyl groups excluding tert-OH is 1. The summed E-state index contributed by atoms with van der Waals surface area (Å²) in [4.78, 5) is 29.0. The smallest absolute Gasteiger partial charge is 0.319 e. The highest BCUT2D eigenvalue weighted by molar-refractivity contribution is 7.89. The van der Waals surface area contributed by atoms with Crippen molar-refractivity contribution in [3.8, 4) is 11.5 Å². The molecular formula is C36H54N4O8S. The largest absolute Gasteiger partial charge is 0.497 e. The number of fused-ring (bicyclic) bond motifs is 1. The van der Waals surface area contributed by atoms with Crippen LogP contribution in [-0.2, 0) is 14.8 Å². The van der Waals surface area contributed by atoms with E-state index in [4.69, 9.17) is 14.2 Å². The molecule has 2 aromatic carbocycles. The zero-order chi connectivity index (χ0) is 35.6. The number of likely N-dealkylation sites (N-methyl/N-ethyl adjacent to an activating group) is 1. The van der Waals surface area contributed by atoms with E-state index >= 15 is 0 Å². The summed E-state index contributed by atoms with van der Waals surface area (Å²) in [6.45, 7) is 5.99. The van der Waals surface area contributed by atoms with Crippen LogP contribution in [0.25, 0.3) is 0 Å². The number of benzene rings is 2. The van der Waals surface area contributed by atoms with Crippen LogP contribution in [0.2, 0.25) is 0 Å². The minimum absolute atomic E-state index is 0.0609. The first kappa shape index (κ1) is 38.4. The van der Waals surface area contributed by atoms with Crippen LogP contribution < -0.4 is 20.1 Å². The first-order valence-electron chi connectivity index (χ1n) is 17.4. The molecule has 12 nitrogen and oxygen atoms in total. The van der Waals surface area contributed by atoms with Crippen molar-refractivity contribution in [2.75, 3.05) is 45.8 Å². The Hall–Kier alpha value is -3.39. The Morgan fingerprint density at radius 1 is 1.06 bits per heavy atom. The number of amides is 3. The van der Waals surface area contributed by atoms with Crippen molar-refractivity contribution >= 4 is 27.6 Å². The molecule has 3 N–H and O–H groups in total. The summed E-state index contributed by atoms with van der Waals surface area (Å²) < 4.78 is 46.1. The highest BCUT2D eigenvalue weighted by Gasteiger charge is 2.32. The number of urea groups is 1. The Bertz CT molecular complexity index is 1480. The third-order valence-electron chi connectivity index (χ3n) is 9.45. The minimum Gasteiger partial charge on any atom is -0.497 e. The number of hydrogen-bond acceptors (Lipinski definition) is 8. The zero-order valence-electron chi connectivity index (χ0n) is 29.5. The first-order chi connectivity index (χ1) is 23.4. The molecule has 13 heteroatoms. The van der Waals surface area contributed by atoms with Crippen molar-refractivity contribution in [2.45, 2.75) is 101 Å². The van der Waals surface area contributed by atoms with Crippen LogP contribution in [0.3, 0.4) is 0 Å². The monoisotopic (exact) mass is 702 g/mol. The Morgan fingerprint density at radius 3 is 2.43 bits per heavy atom. The van der Waals surface area contributed by atoms with Crippen LogP contribution in [-0.4, -0.2) is 99.4 Å². The normalized spacial score (nSPS) is 22.4. The molecular weight excluding hydrogens is 648 g/mol. The molecule has 2 aliphatic rings. The van der Waals surface area contributed by atoms with Crippen molar-refractivity contribution in [2.24, 2.45) is 5.92 Å². The number of nitrogens with one attached hydrogen (secondary N) is 2. The lowest BCUT2D eigenvalue weighted by Gasteiger charge is -2.35. The highest BCUT2D eigenvalue weighted by Crippen LogP contribution is 2.29. The molecule has 3 amide bonds. The Balaban J connectivity index is 1.60. The molecule has 1 heterocycles. The zero-order valence-corrected chi connectivity index (χ0v) is 30.3. The molecule has 0 saturated heterocycles. The molecule has 0 bridgehead atoms. The second kappa shape index (κ2) is 18.0. The van der Waals surface area contributed by atoms with Crippen LogP contribution in [0, 0.1) is 5.92 Å². The van der Waals surface area contributed by atoms with Gasteiger partial charge in [0.05, 0.1) is 42.4 Å². The van der Waals surface area contributed by atoms with Crippen molar-refractivity contribution < 1.29 is 37.3 Å². The van der Waals surface area contributed by atoms with Gasteiger partial charge in [-0.3, -0.25) is 4.79 Å². The van der Waals surface area contributed by atoms with E-state index in [-0.39, 0.29) is 60.2 Å². The molecule has 272 valence electrons. The number of sulfonamides is 1. The predicted octanol–water partition coefficient (Wildman–Crippen LogP) is 5.27. The molecule has 4 rings (SSSR count). The average Bonchev–Trinajstić information content (AvgIpc) is 3.09. The van der Waals surface area contributed by atoms with Crippen molar-refractivity contribution in [1.29, 1.82) is 0 Å². The van der Waals surface area contributed by atoms with E-state index < -0.39 is 22.2 Å². The predicted molar refractivity (Wildman–Crippen MR) is 189 cm³/mol. The number of rotatable bonds is 9. The number of ether oxygens (including phenoxy) is 3. The van der Waals surface area contributed by atoms with Crippen LogP contribution in [0.4, 0.5) is 10.5 Å². The Labute approximate surface area is 291 Å². The summed E-state index contributed by atoms with van der Waals surface area (Å²) in [5.74, 6) is 0.259. The maximum Gasteiger partial charge on any atom is 0.319 e. The van der Waals surface area contributed by atoms with Crippen LogP contribution in [0.5, 0.6) is 11.5 Å².